The number of nitrogen functional groups attached to an aromatic ring is 1. The van der Waals surface area contributed by atoms with Gasteiger partial charge in [-0.3, -0.25) is 0 Å². The molecule has 0 radical (unpaired) electrons. The lowest BCUT2D eigenvalue weighted by Gasteiger charge is -2.59. The molecule has 4 saturated carbocycles. The Kier molecular flexibility index (Phi) is 3.11. The van der Waals surface area contributed by atoms with Gasteiger partial charge in [-0.15, -0.1) is 0 Å². The Morgan fingerprint density at radius 3 is 2.33 bits per heavy atom. The Balaban J connectivity index is 1.56. The van der Waals surface area contributed by atoms with Gasteiger partial charge < -0.3 is 11.1 Å². The van der Waals surface area contributed by atoms with Crippen molar-refractivity contribution < 1.29 is 0 Å². The highest BCUT2D eigenvalue weighted by Crippen LogP contribution is 2.61. The fourth-order valence-corrected chi connectivity index (χ4v) is 5.81. The largest absolute Gasteiger partial charge is 0.396 e. The van der Waals surface area contributed by atoms with Gasteiger partial charge in [0.2, 0.25) is 0 Å². The Bertz CT molecular complexity index is 522. The zero-order valence-electron chi connectivity index (χ0n) is 12.6. The molecular weight excluding hydrogens is 282 g/mol. The molecule has 0 saturated heterocycles. The first-order valence-corrected chi connectivity index (χ1v) is 8.59. The maximum atomic E-state index is 6.05. The van der Waals surface area contributed by atoms with Gasteiger partial charge in [0.1, 0.15) is 5.82 Å². The monoisotopic (exact) mass is 305 g/mol. The number of aromatic nitrogens is 1. The number of nitrogens with zero attached hydrogens (tertiary/aromatic N) is 1. The van der Waals surface area contributed by atoms with E-state index in [0.717, 1.165) is 23.6 Å². The summed E-state index contributed by atoms with van der Waals surface area (Å²) in [6.45, 7) is 2.32. The third-order valence-electron chi connectivity index (χ3n) is 6.24. The highest BCUT2D eigenvalue weighted by Gasteiger charge is 2.53. The van der Waals surface area contributed by atoms with Crippen LogP contribution < -0.4 is 11.1 Å². The van der Waals surface area contributed by atoms with E-state index in [1.165, 1.54) is 38.5 Å². The summed E-state index contributed by atoms with van der Waals surface area (Å²) in [6.07, 6.45) is 10.3. The zero-order chi connectivity index (χ0) is 14.6. The van der Waals surface area contributed by atoms with Crippen LogP contribution in [0.1, 0.15) is 45.4 Å². The molecule has 0 amide bonds. The fourth-order valence-electron chi connectivity index (χ4n) is 5.64. The van der Waals surface area contributed by atoms with Crippen LogP contribution in [0.5, 0.6) is 0 Å². The van der Waals surface area contributed by atoms with E-state index in [9.17, 15) is 0 Å². The van der Waals surface area contributed by atoms with Gasteiger partial charge in [-0.25, -0.2) is 4.98 Å². The zero-order valence-corrected chi connectivity index (χ0v) is 13.4. The van der Waals surface area contributed by atoms with Gasteiger partial charge in [-0.2, -0.15) is 0 Å². The fraction of sp³-hybridized carbons (Fsp3) is 0.706. The van der Waals surface area contributed by atoms with Gasteiger partial charge in [0.15, 0.2) is 0 Å². The molecular formula is C17H24ClN3. The van der Waals surface area contributed by atoms with Crippen LogP contribution >= 0.6 is 11.6 Å². The van der Waals surface area contributed by atoms with Crippen LogP contribution in [0.3, 0.4) is 0 Å². The van der Waals surface area contributed by atoms with Gasteiger partial charge in [-0.1, -0.05) is 11.6 Å². The molecule has 3 N–H and O–H groups in total. The molecule has 1 aromatic heterocycles. The molecule has 114 valence electrons. The molecule has 0 aliphatic heterocycles. The van der Waals surface area contributed by atoms with Crippen LogP contribution in [-0.2, 0) is 0 Å². The quantitative estimate of drug-likeness (QED) is 0.873. The molecule has 1 heterocycles. The van der Waals surface area contributed by atoms with Crippen LogP contribution in [0.2, 0.25) is 5.02 Å². The number of nitrogens with one attached hydrogen (secondary N) is 1. The first kappa shape index (κ1) is 13.7. The van der Waals surface area contributed by atoms with Crippen molar-refractivity contribution in [3.63, 3.8) is 0 Å². The lowest BCUT2D eigenvalue weighted by Crippen LogP contribution is -2.53. The van der Waals surface area contributed by atoms with E-state index in [0.29, 0.717) is 22.2 Å². The standard InChI is InChI=1S/C17H24ClN3/c1-10(21-16-15(19)5-14(18)9-20-16)17-6-11-2-12(7-17)4-13(3-11)8-17/h5,9-13H,2-4,6-8,19H2,1H3,(H,20,21). The van der Waals surface area contributed by atoms with E-state index >= 15 is 0 Å². The number of rotatable bonds is 3. The molecule has 21 heavy (non-hydrogen) atoms. The number of halogens is 1. The molecule has 4 heteroatoms. The molecule has 0 aromatic carbocycles. The second kappa shape index (κ2) is 4.77. The molecule has 4 aliphatic rings. The van der Waals surface area contributed by atoms with Gasteiger partial charge >= 0.3 is 0 Å². The third kappa shape index (κ3) is 2.30. The van der Waals surface area contributed by atoms with Crippen LogP contribution in [0, 0.1) is 23.2 Å². The number of pyridine rings is 1. The smallest absolute Gasteiger partial charge is 0.149 e. The Labute approximate surface area is 131 Å². The van der Waals surface area contributed by atoms with Crippen molar-refractivity contribution in [3.05, 3.63) is 17.3 Å². The summed E-state index contributed by atoms with van der Waals surface area (Å²) in [6, 6.07) is 2.21. The van der Waals surface area contributed by atoms with Crippen molar-refractivity contribution in [3.8, 4) is 0 Å². The van der Waals surface area contributed by atoms with Crippen molar-refractivity contribution in [2.24, 2.45) is 23.2 Å². The topological polar surface area (TPSA) is 50.9 Å². The van der Waals surface area contributed by atoms with Crippen molar-refractivity contribution in [1.29, 1.82) is 0 Å². The molecule has 5 rings (SSSR count). The van der Waals surface area contributed by atoms with Crippen molar-refractivity contribution in [2.45, 2.75) is 51.5 Å². The Hall–Kier alpha value is -0.960. The molecule has 3 nitrogen and oxygen atoms in total. The first-order chi connectivity index (χ1) is 10.0. The summed E-state index contributed by atoms with van der Waals surface area (Å²) in [5.74, 6) is 3.70. The van der Waals surface area contributed by atoms with Gasteiger partial charge in [0, 0.05) is 12.2 Å². The average Bonchev–Trinajstić information content (AvgIpc) is 2.40. The Morgan fingerprint density at radius 1 is 1.24 bits per heavy atom. The van der Waals surface area contributed by atoms with Gasteiger partial charge in [0.25, 0.3) is 0 Å². The maximum Gasteiger partial charge on any atom is 0.149 e. The van der Waals surface area contributed by atoms with E-state index in [-0.39, 0.29) is 0 Å². The van der Waals surface area contributed by atoms with Crippen molar-refractivity contribution in [1.82, 2.24) is 4.98 Å². The lowest BCUT2D eigenvalue weighted by molar-refractivity contribution is -0.0602. The molecule has 4 aliphatic carbocycles. The minimum atomic E-state index is 0.432. The summed E-state index contributed by atoms with van der Waals surface area (Å²) in [5, 5.41) is 4.20. The van der Waals surface area contributed by atoms with Crippen molar-refractivity contribution >= 4 is 23.1 Å². The van der Waals surface area contributed by atoms with Crippen LogP contribution in [0.15, 0.2) is 12.3 Å². The minimum absolute atomic E-state index is 0.432. The maximum absolute atomic E-state index is 6.05. The normalized spacial score (nSPS) is 38.5. The van der Waals surface area contributed by atoms with Crippen LogP contribution in [0.4, 0.5) is 11.5 Å². The predicted octanol–water partition coefficient (Wildman–Crippen LogP) is 4.33. The molecule has 1 aromatic rings. The number of anilines is 2. The molecule has 0 spiro atoms. The molecule has 4 bridgehead atoms. The second-order valence-corrected chi connectivity index (χ2v) is 8.17. The number of nitrogens with two attached hydrogens (primary N) is 1. The lowest BCUT2D eigenvalue weighted by atomic mass is 9.48. The van der Waals surface area contributed by atoms with Gasteiger partial charge in [-0.05, 0) is 74.7 Å². The highest BCUT2D eigenvalue weighted by molar-refractivity contribution is 6.30. The molecule has 4 fully saturated rings. The second-order valence-electron chi connectivity index (χ2n) is 7.74. The van der Waals surface area contributed by atoms with E-state index in [1.54, 1.807) is 12.3 Å². The Morgan fingerprint density at radius 2 is 1.81 bits per heavy atom. The summed E-state index contributed by atoms with van der Waals surface area (Å²) < 4.78 is 0. The van der Waals surface area contributed by atoms with Crippen LogP contribution in [0.25, 0.3) is 0 Å². The highest BCUT2D eigenvalue weighted by atomic mass is 35.5. The molecule has 1 atom stereocenters. The first-order valence-electron chi connectivity index (χ1n) is 8.22. The van der Waals surface area contributed by atoms with Gasteiger partial charge in [0.05, 0.1) is 10.7 Å². The summed E-state index contributed by atoms with van der Waals surface area (Å²) >= 11 is 5.94. The van der Waals surface area contributed by atoms with Crippen LogP contribution in [-0.4, -0.2) is 11.0 Å². The summed E-state index contributed by atoms with van der Waals surface area (Å²) in [4.78, 5) is 4.38. The third-order valence-corrected chi connectivity index (χ3v) is 6.45. The molecule has 1 unspecified atom stereocenters. The van der Waals surface area contributed by atoms with E-state index in [1.807, 2.05) is 0 Å². The van der Waals surface area contributed by atoms with Crippen molar-refractivity contribution in [2.75, 3.05) is 11.1 Å². The average molecular weight is 306 g/mol. The number of hydrogen-bond acceptors (Lipinski definition) is 3. The number of hydrogen-bond donors (Lipinski definition) is 2. The van der Waals surface area contributed by atoms with E-state index in [2.05, 4.69) is 17.2 Å². The van der Waals surface area contributed by atoms with E-state index in [4.69, 9.17) is 17.3 Å². The predicted molar refractivity (Wildman–Crippen MR) is 87.3 cm³/mol. The summed E-state index contributed by atoms with van der Waals surface area (Å²) in [7, 11) is 0. The SMILES string of the molecule is CC(Nc1ncc(Cl)cc1N)C12CC3CC(CC(C3)C1)C2. The minimum Gasteiger partial charge on any atom is -0.396 e. The summed E-state index contributed by atoms with van der Waals surface area (Å²) in [5.41, 5.74) is 7.16. The van der Waals surface area contributed by atoms with E-state index < -0.39 is 0 Å².